The maximum Gasteiger partial charge on any atom is 0.272 e. The number of halogens is 1. The maximum absolute atomic E-state index is 11.1. The van der Waals surface area contributed by atoms with E-state index in [1.165, 1.54) is 0 Å². The molecule has 2 aromatic carbocycles. The lowest BCUT2D eigenvalue weighted by Gasteiger charge is -2.10. The summed E-state index contributed by atoms with van der Waals surface area (Å²) in [6.45, 7) is 1.84. The smallest absolute Gasteiger partial charge is 0.258 e. The van der Waals surface area contributed by atoms with Crippen molar-refractivity contribution in [3.8, 4) is 0 Å². The Morgan fingerprint density at radius 3 is 2.53 bits per heavy atom. The fourth-order valence-electron chi connectivity index (χ4n) is 1.99. The number of alkyl halides is 1. The Morgan fingerprint density at radius 1 is 1.21 bits per heavy atom. The van der Waals surface area contributed by atoms with Crippen molar-refractivity contribution in [1.82, 2.24) is 0 Å². The Hall–Kier alpha value is -1.87. The fourth-order valence-corrected chi connectivity index (χ4v) is 2.30. The van der Waals surface area contributed by atoms with Crippen molar-refractivity contribution in [3.63, 3.8) is 0 Å². The zero-order valence-corrected chi connectivity index (χ0v) is 11.3. The summed E-state index contributed by atoms with van der Waals surface area (Å²) in [5.41, 5.74) is 2.65. The molecule has 0 radical (unpaired) electrons. The second kappa shape index (κ2) is 5.85. The first-order valence-corrected chi connectivity index (χ1v) is 6.44. The van der Waals surface area contributed by atoms with Gasteiger partial charge >= 0.3 is 0 Å². The number of hydrogen-bond acceptors (Lipinski definition) is 2. The summed E-state index contributed by atoms with van der Waals surface area (Å²) < 4.78 is 0. The first-order chi connectivity index (χ1) is 9.08. The van der Waals surface area contributed by atoms with Gasteiger partial charge in [0, 0.05) is 11.6 Å². The molecule has 19 heavy (non-hydrogen) atoms. The Morgan fingerprint density at radius 2 is 1.89 bits per heavy atom. The van der Waals surface area contributed by atoms with Crippen molar-refractivity contribution in [3.05, 3.63) is 75.3 Å². The van der Waals surface area contributed by atoms with Gasteiger partial charge in [0.2, 0.25) is 0 Å². The lowest BCUT2D eigenvalue weighted by molar-refractivity contribution is -0.385. The quantitative estimate of drug-likeness (QED) is 0.471. The molecular formula is C15H14ClNO2. The van der Waals surface area contributed by atoms with Gasteiger partial charge in [-0.15, -0.1) is 11.6 Å². The van der Waals surface area contributed by atoms with Crippen LogP contribution in [-0.2, 0) is 6.42 Å². The summed E-state index contributed by atoms with van der Waals surface area (Å²) >= 11 is 6.33. The topological polar surface area (TPSA) is 43.1 Å². The number of nitro groups is 1. The van der Waals surface area contributed by atoms with Crippen LogP contribution in [0, 0.1) is 17.0 Å². The molecule has 0 saturated carbocycles. The van der Waals surface area contributed by atoms with E-state index >= 15 is 0 Å². The van der Waals surface area contributed by atoms with Gasteiger partial charge in [-0.2, -0.15) is 0 Å². The van der Waals surface area contributed by atoms with Crippen molar-refractivity contribution in [2.75, 3.05) is 0 Å². The third-order valence-corrected chi connectivity index (χ3v) is 3.40. The first kappa shape index (κ1) is 13.6. The zero-order chi connectivity index (χ0) is 13.8. The normalized spacial score (nSPS) is 12.1. The van der Waals surface area contributed by atoms with Crippen LogP contribution in [-0.4, -0.2) is 4.92 Å². The van der Waals surface area contributed by atoms with Gasteiger partial charge in [0.15, 0.2) is 0 Å². The molecule has 0 bridgehead atoms. The maximum atomic E-state index is 11.1. The third kappa shape index (κ3) is 3.32. The van der Waals surface area contributed by atoms with Crippen LogP contribution in [0.4, 0.5) is 5.69 Å². The third-order valence-electron chi connectivity index (χ3n) is 3.00. The number of hydrogen-bond donors (Lipinski definition) is 0. The minimum Gasteiger partial charge on any atom is -0.258 e. The molecule has 0 fully saturated rings. The van der Waals surface area contributed by atoms with E-state index in [0.29, 0.717) is 12.0 Å². The number of rotatable bonds is 4. The number of nitro benzene ring substituents is 1. The SMILES string of the molecule is Cc1ccc(CC(Cl)c2ccccc2)c([N+](=O)[O-])c1. The minimum absolute atomic E-state index is 0.140. The Balaban J connectivity index is 2.26. The summed E-state index contributed by atoms with van der Waals surface area (Å²) in [5.74, 6) is 0. The van der Waals surface area contributed by atoms with Crippen molar-refractivity contribution >= 4 is 17.3 Å². The zero-order valence-electron chi connectivity index (χ0n) is 10.5. The molecule has 0 aliphatic rings. The summed E-state index contributed by atoms with van der Waals surface area (Å²) in [6.07, 6.45) is 0.447. The van der Waals surface area contributed by atoms with Crippen LogP contribution >= 0.6 is 11.6 Å². The summed E-state index contributed by atoms with van der Waals surface area (Å²) in [6, 6.07) is 14.8. The minimum atomic E-state index is -0.350. The Bertz CT molecular complexity index is 584. The van der Waals surface area contributed by atoms with Gasteiger partial charge in [-0.1, -0.05) is 42.5 Å². The highest BCUT2D eigenvalue weighted by molar-refractivity contribution is 6.20. The van der Waals surface area contributed by atoms with Crippen LogP contribution in [0.3, 0.4) is 0 Å². The fraction of sp³-hybridized carbons (Fsp3) is 0.200. The molecule has 0 heterocycles. The highest BCUT2D eigenvalue weighted by atomic mass is 35.5. The van der Waals surface area contributed by atoms with E-state index < -0.39 is 0 Å². The van der Waals surface area contributed by atoms with Crippen LogP contribution in [0.15, 0.2) is 48.5 Å². The van der Waals surface area contributed by atoms with Crippen LogP contribution in [0.1, 0.15) is 22.1 Å². The predicted molar refractivity (Wildman–Crippen MR) is 76.6 cm³/mol. The number of nitrogens with zero attached hydrogens (tertiary/aromatic N) is 1. The molecule has 3 nitrogen and oxygen atoms in total. The Labute approximate surface area is 117 Å². The lowest BCUT2D eigenvalue weighted by Crippen LogP contribution is -2.00. The standard InChI is InChI=1S/C15H14ClNO2/c1-11-7-8-13(15(9-11)17(18)19)10-14(16)12-5-3-2-4-6-12/h2-9,14H,10H2,1H3. The molecule has 1 unspecified atom stereocenters. The van der Waals surface area contributed by atoms with E-state index in [0.717, 1.165) is 11.1 Å². The molecule has 0 saturated heterocycles. The molecule has 0 N–H and O–H groups in total. The van der Waals surface area contributed by atoms with E-state index in [2.05, 4.69) is 0 Å². The molecule has 0 aromatic heterocycles. The second-order valence-electron chi connectivity index (χ2n) is 4.47. The summed E-state index contributed by atoms with van der Waals surface area (Å²) in [4.78, 5) is 10.7. The molecule has 0 amide bonds. The lowest BCUT2D eigenvalue weighted by atomic mass is 10.0. The summed E-state index contributed by atoms with van der Waals surface area (Å²) in [5, 5.41) is 10.8. The van der Waals surface area contributed by atoms with E-state index in [9.17, 15) is 10.1 Å². The van der Waals surface area contributed by atoms with Gasteiger partial charge in [-0.25, -0.2) is 0 Å². The molecule has 0 aliphatic heterocycles. The van der Waals surface area contributed by atoms with Gasteiger partial charge in [-0.3, -0.25) is 10.1 Å². The predicted octanol–water partition coefficient (Wildman–Crippen LogP) is 4.43. The number of benzene rings is 2. The van der Waals surface area contributed by atoms with Gasteiger partial charge in [0.1, 0.15) is 0 Å². The summed E-state index contributed by atoms with van der Waals surface area (Å²) in [7, 11) is 0. The molecule has 1 atom stereocenters. The van der Waals surface area contributed by atoms with Crippen LogP contribution in [0.2, 0.25) is 0 Å². The second-order valence-corrected chi connectivity index (χ2v) is 5.00. The average molecular weight is 276 g/mol. The van der Waals surface area contributed by atoms with Crippen LogP contribution in [0.5, 0.6) is 0 Å². The molecule has 0 aliphatic carbocycles. The van der Waals surface area contributed by atoms with Crippen molar-refractivity contribution in [1.29, 1.82) is 0 Å². The van der Waals surface area contributed by atoms with Crippen molar-refractivity contribution in [2.24, 2.45) is 0 Å². The molecule has 98 valence electrons. The monoisotopic (exact) mass is 275 g/mol. The van der Waals surface area contributed by atoms with Gasteiger partial charge < -0.3 is 0 Å². The molecule has 4 heteroatoms. The molecule has 2 rings (SSSR count). The van der Waals surface area contributed by atoms with Gasteiger partial charge in [-0.05, 0) is 24.5 Å². The number of aryl methyl sites for hydroxylation is 1. The van der Waals surface area contributed by atoms with Crippen molar-refractivity contribution < 1.29 is 4.92 Å². The van der Waals surface area contributed by atoms with E-state index in [1.807, 2.05) is 43.3 Å². The van der Waals surface area contributed by atoms with E-state index in [-0.39, 0.29) is 16.0 Å². The van der Waals surface area contributed by atoms with Gasteiger partial charge in [0.05, 0.1) is 10.3 Å². The van der Waals surface area contributed by atoms with Crippen LogP contribution in [0.25, 0.3) is 0 Å². The highest BCUT2D eigenvalue weighted by Crippen LogP contribution is 2.29. The largest absolute Gasteiger partial charge is 0.272 e. The molecular weight excluding hydrogens is 262 g/mol. The van der Waals surface area contributed by atoms with E-state index in [4.69, 9.17) is 11.6 Å². The average Bonchev–Trinajstić information content (AvgIpc) is 2.41. The van der Waals surface area contributed by atoms with E-state index in [1.54, 1.807) is 12.1 Å². The van der Waals surface area contributed by atoms with Crippen LogP contribution < -0.4 is 0 Å². The molecule has 2 aromatic rings. The Kier molecular flexibility index (Phi) is 4.17. The van der Waals surface area contributed by atoms with Gasteiger partial charge in [0.25, 0.3) is 5.69 Å². The first-order valence-electron chi connectivity index (χ1n) is 6.01. The highest BCUT2D eigenvalue weighted by Gasteiger charge is 2.17. The molecule has 0 spiro atoms. The van der Waals surface area contributed by atoms with Crippen molar-refractivity contribution in [2.45, 2.75) is 18.7 Å².